The van der Waals surface area contributed by atoms with Crippen molar-refractivity contribution < 1.29 is 19.8 Å². The van der Waals surface area contributed by atoms with Crippen molar-refractivity contribution in [2.75, 3.05) is 0 Å². The van der Waals surface area contributed by atoms with E-state index < -0.39 is 17.9 Å². The lowest BCUT2D eigenvalue weighted by Crippen LogP contribution is -2.21. The zero-order valence-electron chi connectivity index (χ0n) is 8.72. The number of hydrogen-bond acceptors (Lipinski definition) is 3. The summed E-state index contributed by atoms with van der Waals surface area (Å²) in [6, 6.07) is -0.0653. The van der Waals surface area contributed by atoms with Gasteiger partial charge in [-0.15, -0.1) is 0 Å². The average Bonchev–Trinajstić information content (AvgIpc) is 2.47. The molecule has 88 valence electrons. The fraction of sp³-hybridized carbons (Fsp3) is 0.444. The van der Waals surface area contributed by atoms with Gasteiger partial charge < -0.3 is 10.2 Å². The van der Waals surface area contributed by atoms with Crippen molar-refractivity contribution in [2.45, 2.75) is 25.8 Å². The van der Waals surface area contributed by atoms with Crippen LogP contribution < -0.4 is 0 Å². The molecule has 0 bridgehead atoms. The molecule has 0 saturated heterocycles. The molecular weight excluding hydrogens is 236 g/mol. The molecule has 0 aliphatic heterocycles. The molecule has 0 amide bonds. The Bertz CT molecular complexity index is 413. The topological polar surface area (TPSA) is 92.4 Å². The first-order valence-electron chi connectivity index (χ1n) is 4.54. The van der Waals surface area contributed by atoms with Crippen molar-refractivity contribution in [1.82, 2.24) is 9.78 Å². The SMILES string of the molecule is CC(C)n1ncc(C(C(=O)O)C(=O)O)c1Cl. The molecule has 16 heavy (non-hydrogen) atoms. The smallest absolute Gasteiger partial charge is 0.322 e. The third-order valence-corrected chi connectivity index (χ3v) is 2.45. The molecule has 0 aliphatic rings. The molecule has 0 fully saturated rings. The van der Waals surface area contributed by atoms with Crippen LogP contribution in [-0.4, -0.2) is 31.9 Å². The molecule has 0 aromatic carbocycles. The maximum absolute atomic E-state index is 10.8. The van der Waals surface area contributed by atoms with E-state index in [1.165, 1.54) is 10.9 Å². The van der Waals surface area contributed by atoms with Gasteiger partial charge >= 0.3 is 11.9 Å². The number of carbonyl (C=O) groups is 2. The van der Waals surface area contributed by atoms with Crippen LogP contribution in [0.4, 0.5) is 0 Å². The number of carboxylic acids is 2. The predicted octanol–water partition coefficient (Wildman–Crippen LogP) is 1.37. The fourth-order valence-corrected chi connectivity index (χ4v) is 1.68. The highest BCUT2D eigenvalue weighted by molar-refractivity contribution is 6.31. The number of aromatic nitrogens is 2. The van der Waals surface area contributed by atoms with Crippen LogP contribution in [0.15, 0.2) is 6.20 Å². The molecule has 6 nitrogen and oxygen atoms in total. The van der Waals surface area contributed by atoms with Gasteiger partial charge in [-0.1, -0.05) is 11.6 Å². The summed E-state index contributed by atoms with van der Waals surface area (Å²) < 4.78 is 1.37. The number of halogens is 1. The van der Waals surface area contributed by atoms with E-state index in [1.54, 1.807) is 13.8 Å². The molecule has 0 unspecified atom stereocenters. The van der Waals surface area contributed by atoms with Crippen LogP contribution in [0.3, 0.4) is 0 Å². The lowest BCUT2D eigenvalue weighted by molar-refractivity contribution is -0.150. The van der Waals surface area contributed by atoms with E-state index in [0.29, 0.717) is 0 Å². The zero-order valence-corrected chi connectivity index (χ0v) is 9.47. The second kappa shape index (κ2) is 4.52. The monoisotopic (exact) mass is 246 g/mol. The van der Waals surface area contributed by atoms with E-state index in [0.717, 1.165) is 0 Å². The normalized spacial score (nSPS) is 11.1. The van der Waals surface area contributed by atoms with Crippen molar-refractivity contribution in [3.63, 3.8) is 0 Å². The average molecular weight is 247 g/mol. The van der Waals surface area contributed by atoms with Crippen molar-refractivity contribution >= 4 is 23.5 Å². The van der Waals surface area contributed by atoms with Gasteiger partial charge in [-0.25, -0.2) is 0 Å². The van der Waals surface area contributed by atoms with E-state index in [4.69, 9.17) is 21.8 Å². The molecule has 1 rings (SSSR count). The summed E-state index contributed by atoms with van der Waals surface area (Å²) >= 11 is 5.88. The molecule has 0 saturated carbocycles. The van der Waals surface area contributed by atoms with Crippen LogP contribution in [0.5, 0.6) is 0 Å². The molecule has 2 N–H and O–H groups in total. The molecule has 7 heteroatoms. The Morgan fingerprint density at radius 1 is 1.38 bits per heavy atom. The van der Waals surface area contributed by atoms with Crippen LogP contribution in [0.25, 0.3) is 0 Å². The molecule has 0 atom stereocenters. The van der Waals surface area contributed by atoms with Crippen LogP contribution in [0.1, 0.15) is 31.4 Å². The second-order valence-corrected chi connectivity index (χ2v) is 3.90. The number of hydrogen-bond donors (Lipinski definition) is 2. The van der Waals surface area contributed by atoms with E-state index in [1.807, 2.05) is 0 Å². The van der Waals surface area contributed by atoms with Crippen LogP contribution in [0.2, 0.25) is 5.15 Å². The molecular formula is C9H11ClN2O4. The van der Waals surface area contributed by atoms with Gasteiger partial charge in [-0.05, 0) is 13.8 Å². The van der Waals surface area contributed by atoms with Crippen LogP contribution in [0, 0.1) is 0 Å². The minimum absolute atomic E-state index is 0.00429. The third-order valence-electron chi connectivity index (χ3n) is 2.05. The highest BCUT2D eigenvalue weighted by atomic mass is 35.5. The first kappa shape index (κ1) is 12.5. The van der Waals surface area contributed by atoms with E-state index >= 15 is 0 Å². The van der Waals surface area contributed by atoms with Gasteiger partial charge in [0.2, 0.25) is 0 Å². The number of carboxylic acid groups (broad SMARTS) is 2. The molecule has 1 heterocycles. The fourth-order valence-electron chi connectivity index (χ4n) is 1.29. The maximum atomic E-state index is 10.8. The summed E-state index contributed by atoms with van der Waals surface area (Å²) in [6.45, 7) is 3.61. The lowest BCUT2D eigenvalue weighted by atomic mass is 10.0. The molecule has 1 aromatic rings. The summed E-state index contributed by atoms with van der Waals surface area (Å²) in [5.41, 5.74) is -0.00429. The minimum atomic E-state index is -1.68. The highest BCUT2D eigenvalue weighted by Gasteiger charge is 2.32. The van der Waals surface area contributed by atoms with Crippen molar-refractivity contribution in [1.29, 1.82) is 0 Å². The first-order valence-corrected chi connectivity index (χ1v) is 4.92. The Morgan fingerprint density at radius 2 is 1.88 bits per heavy atom. The van der Waals surface area contributed by atoms with Gasteiger partial charge in [-0.3, -0.25) is 14.3 Å². The van der Waals surface area contributed by atoms with Gasteiger partial charge in [0.15, 0.2) is 5.92 Å². The lowest BCUT2D eigenvalue weighted by Gasteiger charge is -2.09. The standard InChI is InChI=1S/C9H11ClN2O4/c1-4(2)12-7(10)5(3-11-12)6(8(13)14)9(15)16/h3-4,6H,1-2H3,(H,13,14)(H,15,16). The van der Waals surface area contributed by atoms with Crippen LogP contribution in [-0.2, 0) is 9.59 Å². The number of nitrogens with zero attached hydrogens (tertiary/aromatic N) is 2. The Balaban J connectivity index is 3.22. The molecule has 1 aromatic heterocycles. The summed E-state index contributed by atoms with van der Waals surface area (Å²) in [5.74, 6) is -4.60. The molecule has 0 spiro atoms. The first-order chi connectivity index (χ1) is 7.36. The number of rotatable bonds is 4. The Morgan fingerprint density at radius 3 is 2.19 bits per heavy atom. The van der Waals surface area contributed by atoms with Gasteiger partial charge in [0, 0.05) is 11.6 Å². The second-order valence-electron chi connectivity index (χ2n) is 3.54. The predicted molar refractivity (Wildman–Crippen MR) is 55.6 cm³/mol. The van der Waals surface area contributed by atoms with Gasteiger partial charge in [0.1, 0.15) is 5.15 Å². The maximum Gasteiger partial charge on any atom is 0.322 e. The summed E-state index contributed by atoms with van der Waals surface area (Å²) in [7, 11) is 0. The van der Waals surface area contributed by atoms with Gasteiger partial charge in [-0.2, -0.15) is 5.10 Å². The van der Waals surface area contributed by atoms with Gasteiger partial charge in [0.25, 0.3) is 0 Å². The Kier molecular flexibility index (Phi) is 3.54. The van der Waals surface area contributed by atoms with E-state index in [2.05, 4.69) is 5.10 Å². The summed E-state index contributed by atoms with van der Waals surface area (Å²) in [6.07, 6.45) is 1.18. The largest absolute Gasteiger partial charge is 0.480 e. The van der Waals surface area contributed by atoms with E-state index in [-0.39, 0.29) is 16.8 Å². The minimum Gasteiger partial charge on any atom is -0.480 e. The van der Waals surface area contributed by atoms with E-state index in [9.17, 15) is 9.59 Å². The summed E-state index contributed by atoms with van der Waals surface area (Å²) in [5, 5.41) is 21.5. The van der Waals surface area contributed by atoms with Crippen molar-refractivity contribution in [2.24, 2.45) is 0 Å². The number of aliphatic carboxylic acids is 2. The Labute approximate surface area is 96.4 Å². The highest BCUT2D eigenvalue weighted by Crippen LogP contribution is 2.27. The molecule has 0 radical (unpaired) electrons. The quantitative estimate of drug-likeness (QED) is 0.783. The zero-order chi connectivity index (χ0) is 12.5. The Hall–Kier alpha value is -1.56. The van der Waals surface area contributed by atoms with Crippen LogP contribution >= 0.6 is 11.6 Å². The van der Waals surface area contributed by atoms with Crippen molar-refractivity contribution in [3.05, 3.63) is 16.9 Å². The van der Waals surface area contributed by atoms with Gasteiger partial charge in [0.05, 0.1) is 6.20 Å². The summed E-state index contributed by atoms with van der Waals surface area (Å²) in [4.78, 5) is 21.6. The van der Waals surface area contributed by atoms with Crippen molar-refractivity contribution in [3.8, 4) is 0 Å². The third kappa shape index (κ3) is 2.16. The molecule has 0 aliphatic carbocycles.